The fourth-order valence-electron chi connectivity index (χ4n) is 3.23. The van der Waals surface area contributed by atoms with Gasteiger partial charge in [0.2, 0.25) is 10.0 Å². The average molecular weight is 442 g/mol. The van der Waals surface area contributed by atoms with Gasteiger partial charge in [-0.25, -0.2) is 22.7 Å². The van der Waals surface area contributed by atoms with Crippen LogP contribution in [-0.4, -0.2) is 47.6 Å². The summed E-state index contributed by atoms with van der Waals surface area (Å²) in [6.45, 7) is -0.415. The molecule has 0 saturated carbocycles. The number of ether oxygens (including phenoxy) is 1. The first-order chi connectivity index (χ1) is 14.2. The number of amides is 1. The van der Waals surface area contributed by atoms with Crippen molar-refractivity contribution in [3.8, 4) is 5.75 Å². The Bertz CT molecular complexity index is 996. The van der Waals surface area contributed by atoms with Crippen LogP contribution in [0, 0.1) is 11.6 Å². The van der Waals surface area contributed by atoms with Crippen molar-refractivity contribution in [3.63, 3.8) is 0 Å². The molecule has 1 heterocycles. The molecule has 0 spiro atoms. The van der Waals surface area contributed by atoms with Gasteiger partial charge < -0.3 is 9.84 Å². The number of halogens is 2. The second kappa shape index (κ2) is 9.04. The Morgan fingerprint density at radius 3 is 2.37 bits per heavy atom. The van der Waals surface area contributed by atoms with Gasteiger partial charge in [-0.15, -0.1) is 0 Å². The van der Waals surface area contributed by atoms with Crippen LogP contribution in [0.1, 0.15) is 18.4 Å². The lowest BCUT2D eigenvalue weighted by atomic mass is 10.0. The number of nitrogens with one attached hydrogen (secondary N) is 1. The minimum absolute atomic E-state index is 0.0537. The fourth-order valence-corrected chi connectivity index (χ4v) is 4.88. The van der Waals surface area contributed by atoms with Crippen molar-refractivity contribution in [2.75, 3.05) is 6.54 Å². The number of carbonyl (C=O) groups excluding carboxylic acids is 1. The Kier molecular flexibility index (Phi) is 6.66. The molecular weight excluding hydrogens is 422 g/mol. The van der Waals surface area contributed by atoms with Crippen molar-refractivity contribution in [1.29, 1.82) is 0 Å². The maximum absolute atomic E-state index is 13.2. The lowest BCUT2D eigenvalue weighted by Crippen LogP contribution is -2.54. The minimum Gasteiger partial charge on any atom is -0.489 e. The normalized spacial score (nSPS) is 20.0. The van der Waals surface area contributed by atoms with Crippen LogP contribution in [0.15, 0.2) is 47.4 Å². The quantitative estimate of drug-likeness (QED) is 0.462. The molecule has 1 amide bonds. The van der Waals surface area contributed by atoms with Crippen LogP contribution in [-0.2, 0) is 21.4 Å². The Morgan fingerprint density at radius 2 is 1.77 bits per heavy atom. The van der Waals surface area contributed by atoms with E-state index in [1.807, 2.05) is 0 Å². The largest absolute Gasteiger partial charge is 0.489 e. The Hall–Kier alpha value is -2.60. The highest BCUT2D eigenvalue weighted by Crippen LogP contribution is 2.27. The maximum Gasteiger partial charge on any atom is 0.261 e. The van der Waals surface area contributed by atoms with E-state index >= 15 is 0 Å². The average Bonchev–Trinajstić information content (AvgIpc) is 2.71. The van der Waals surface area contributed by atoms with E-state index in [1.54, 1.807) is 0 Å². The topological polar surface area (TPSA) is 116 Å². The van der Waals surface area contributed by atoms with Crippen molar-refractivity contribution >= 4 is 15.9 Å². The zero-order chi connectivity index (χ0) is 21.9. The number of carbonyl (C=O) groups is 1. The van der Waals surface area contributed by atoms with E-state index in [4.69, 9.17) is 9.94 Å². The summed E-state index contributed by atoms with van der Waals surface area (Å²) in [5.41, 5.74) is 1.72. The number of hydroxylamine groups is 1. The first-order valence-corrected chi connectivity index (χ1v) is 10.5. The summed E-state index contributed by atoms with van der Waals surface area (Å²) in [6.07, 6.45) is -0.660. The van der Waals surface area contributed by atoms with Gasteiger partial charge in [0.1, 0.15) is 30.0 Å². The molecule has 0 radical (unpaired) electrons. The summed E-state index contributed by atoms with van der Waals surface area (Å²) in [7, 11) is -4.15. The minimum atomic E-state index is -4.15. The summed E-state index contributed by atoms with van der Waals surface area (Å²) >= 11 is 0. The number of benzene rings is 2. The van der Waals surface area contributed by atoms with Crippen molar-refractivity contribution in [2.24, 2.45) is 0 Å². The molecule has 11 heteroatoms. The third-order valence-electron chi connectivity index (χ3n) is 4.68. The molecule has 1 fully saturated rings. The number of aliphatic hydroxyl groups excluding tert-OH is 1. The Balaban J connectivity index is 1.75. The lowest BCUT2D eigenvalue weighted by Gasteiger charge is -2.35. The highest BCUT2D eigenvalue weighted by Gasteiger charge is 2.40. The highest BCUT2D eigenvalue weighted by atomic mass is 32.2. The number of piperidine rings is 1. The zero-order valence-electron chi connectivity index (χ0n) is 15.7. The van der Waals surface area contributed by atoms with Gasteiger partial charge in [-0.2, -0.15) is 4.31 Å². The number of sulfonamides is 1. The van der Waals surface area contributed by atoms with Gasteiger partial charge in [0.25, 0.3) is 5.91 Å². The van der Waals surface area contributed by atoms with Gasteiger partial charge in [-0.3, -0.25) is 10.0 Å². The zero-order valence-corrected chi connectivity index (χ0v) is 16.5. The van der Waals surface area contributed by atoms with Crippen LogP contribution in [0.4, 0.5) is 8.78 Å². The van der Waals surface area contributed by atoms with E-state index in [0.29, 0.717) is 0 Å². The fraction of sp³-hybridized carbons (Fsp3) is 0.316. The lowest BCUT2D eigenvalue weighted by molar-refractivity contribution is -0.135. The number of hydrogen-bond donors (Lipinski definition) is 3. The summed E-state index contributed by atoms with van der Waals surface area (Å²) in [5, 5.41) is 18.7. The third kappa shape index (κ3) is 4.93. The summed E-state index contributed by atoms with van der Waals surface area (Å²) in [6, 6.07) is 7.07. The molecule has 30 heavy (non-hydrogen) atoms. The summed E-state index contributed by atoms with van der Waals surface area (Å²) in [4.78, 5) is 11.7. The molecule has 2 aromatic carbocycles. The van der Waals surface area contributed by atoms with Gasteiger partial charge in [0, 0.05) is 12.6 Å². The number of nitrogens with zero attached hydrogens (tertiary/aromatic N) is 1. The van der Waals surface area contributed by atoms with Crippen LogP contribution >= 0.6 is 0 Å². The van der Waals surface area contributed by atoms with E-state index in [2.05, 4.69) is 0 Å². The van der Waals surface area contributed by atoms with Gasteiger partial charge in [-0.1, -0.05) is 0 Å². The maximum atomic E-state index is 13.2. The molecule has 2 atom stereocenters. The van der Waals surface area contributed by atoms with Crippen molar-refractivity contribution < 1.29 is 37.0 Å². The number of rotatable bonds is 6. The molecule has 1 aliphatic heterocycles. The highest BCUT2D eigenvalue weighted by molar-refractivity contribution is 7.89. The molecule has 8 nitrogen and oxygen atoms in total. The van der Waals surface area contributed by atoms with Crippen LogP contribution in [0.25, 0.3) is 0 Å². The molecule has 0 aromatic heterocycles. The Morgan fingerprint density at radius 1 is 1.13 bits per heavy atom. The first-order valence-electron chi connectivity index (χ1n) is 9.02. The predicted octanol–water partition coefficient (Wildman–Crippen LogP) is 1.56. The second-order valence-electron chi connectivity index (χ2n) is 6.84. The molecule has 162 valence electrons. The van der Waals surface area contributed by atoms with Gasteiger partial charge in [0.05, 0.1) is 11.0 Å². The Labute approximate surface area is 171 Å². The molecule has 0 aliphatic carbocycles. The SMILES string of the molecule is O=C(NO)C1CCC(O)CN1S(=O)(=O)c1ccc(OCc2cc(F)cc(F)c2)cc1. The molecule has 0 bridgehead atoms. The first kappa shape index (κ1) is 22.1. The monoisotopic (exact) mass is 442 g/mol. The third-order valence-corrected chi connectivity index (χ3v) is 6.57. The second-order valence-corrected chi connectivity index (χ2v) is 8.73. The standard InChI is InChI=1S/C19H20F2N2O6S/c20-13-7-12(8-14(21)9-13)11-29-16-2-4-17(5-3-16)30(27,28)23-10-15(24)1-6-18(23)19(25)22-26/h2-5,7-9,15,18,24,26H,1,6,10-11H2,(H,22,25). The van der Waals surface area contributed by atoms with Gasteiger partial charge in [0.15, 0.2) is 0 Å². The molecule has 1 saturated heterocycles. The van der Waals surface area contributed by atoms with Gasteiger partial charge >= 0.3 is 0 Å². The van der Waals surface area contributed by atoms with E-state index < -0.39 is 39.7 Å². The van der Waals surface area contributed by atoms with Crippen LogP contribution in [0.3, 0.4) is 0 Å². The van der Waals surface area contributed by atoms with E-state index in [0.717, 1.165) is 22.5 Å². The van der Waals surface area contributed by atoms with E-state index in [9.17, 15) is 27.1 Å². The number of hydrogen-bond acceptors (Lipinski definition) is 6. The molecule has 1 aliphatic rings. The number of β-amino-alcohol motifs (C(OH)–C–C–N with tert-alkyl or cyclic N) is 1. The van der Waals surface area contributed by atoms with Crippen LogP contribution < -0.4 is 10.2 Å². The van der Waals surface area contributed by atoms with E-state index in [1.165, 1.54) is 29.7 Å². The van der Waals surface area contributed by atoms with Crippen LogP contribution in [0.5, 0.6) is 5.75 Å². The van der Waals surface area contributed by atoms with Gasteiger partial charge in [-0.05, 0) is 54.8 Å². The predicted molar refractivity (Wildman–Crippen MR) is 100.0 cm³/mol. The molecule has 3 N–H and O–H groups in total. The van der Waals surface area contributed by atoms with Crippen molar-refractivity contribution in [1.82, 2.24) is 9.79 Å². The molecular formula is C19H20F2N2O6S. The molecule has 3 rings (SSSR count). The molecule has 2 unspecified atom stereocenters. The van der Waals surface area contributed by atoms with Crippen LogP contribution in [0.2, 0.25) is 0 Å². The smallest absolute Gasteiger partial charge is 0.261 e. The summed E-state index contributed by atoms with van der Waals surface area (Å²) < 4.78 is 58.6. The van der Waals surface area contributed by atoms with E-state index in [-0.39, 0.29) is 42.2 Å². The van der Waals surface area contributed by atoms with Crippen molar-refractivity contribution in [3.05, 3.63) is 59.7 Å². The number of aliphatic hydroxyl groups is 1. The van der Waals surface area contributed by atoms with Crippen molar-refractivity contribution in [2.45, 2.75) is 36.5 Å². The molecule has 2 aromatic rings. The summed E-state index contributed by atoms with van der Waals surface area (Å²) in [5.74, 6) is -2.09.